The first-order valence-electron chi connectivity index (χ1n) is 5.59. The van der Waals surface area contributed by atoms with Crippen LogP contribution in [0.15, 0.2) is 22.7 Å². The summed E-state index contributed by atoms with van der Waals surface area (Å²) in [6, 6.07) is 4.28. The van der Waals surface area contributed by atoms with E-state index in [4.69, 9.17) is 5.73 Å². The molecule has 0 aliphatic heterocycles. The molecule has 1 fully saturated rings. The summed E-state index contributed by atoms with van der Waals surface area (Å²) in [6.07, 6.45) is 2.90. The largest absolute Gasteiger partial charge is 0.348 e. The molecule has 1 aliphatic carbocycles. The Morgan fingerprint density at radius 1 is 1.47 bits per heavy atom. The minimum absolute atomic E-state index is 0.0304. The molecule has 17 heavy (non-hydrogen) atoms. The Hall–Kier alpha value is -0.940. The molecule has 1 aliphatic rings. The Kier molecular flexibility index (Phi) is 3.79. The summed E-state index contributed by atoms with van der Waals surface area (Å²) in [5.41, 5.74) is 6.32. The van der Waals surface area contributed by atoms with Gasteiger partial charge in [0, 0.05) is 17.6 Å². The third-order valence-corrected chi connectivity index (χ3v) is 3.68. The normalized spacial score (nSPS) is 23.7. The van der Waals surface area contributed by atoms with Crippen molar-refractivity contribution in [3.8, 4) is 0 Å². The molecular formula is C12H14BrFN2O. The van der Waals surface area contributed by atoms with Crippen molar-refractivity contribution >= 4 is 21.8 Å². The molecule has 3 nitrogen and oxygen atoms in total. The van der Waals surface area contributed by atoms with Gasteiger partial charge in [-0.2, -0.15) is 0 Å². The standard InChI is InChI=1S/C12H14BrFN2O/c13-8-6-7(4-5-9(8)14)12(17)16-11-3-1-2-10(11)15/h4-6,10-11H,1-3,15H2,(H,16,17). The summed E-state index contributed by atoms with van der Waals surface area (Å²) in [6.45, 7) is 0. The maximum atomic E-state index is 13.0. The molecule has 1 amide bonds. The number of amides is 1. The molecule has 92 valence electrons. The molecule has 0 spiro atoms. The third kappa shape index (κ3) is 2.84. The van der Waals surface area contributed by atoms with E-state index in [0.717, 1.165) is 19.3 Å². The first-order valence-corrected chi connectivity index (χ1v) is 6.38. The van der Waals surface area contributed by atoms with Crippen molar-refractivity contribution in [3.63, 3.8) is 0 Å². The predicted molar refractivity (Wildman–Crippen MR) is 67.2 cm³/mol. The average molecular weight is 301 g/mol. The molecule has 0 bridgehead atoms. The molecule has 1 saturated carbocycles. The number of carbonyl (C=O) groups excluding carboxylic acids is 1. The Labute approximate surface area is 108 Å². The summed E-state index contributed by atoms with van der Waals surface area (Å²) in [7, 11) is 0. The number of rotatable bonds is 2. The van der Waals surface area contributed by atoms with Gasteiger partial charge in [-0.25, -0.2) is 4.39 Å². The van der Waals surface area contributed by atoms with Crippen LogP contribution in [-0.4, -0.2) is 18.0 Å². The number of benzene rings is 1. The second-order valence-electron chi connectivity index (χ2n) is 4.30. The lowest BCUT2D eigenvalue weighted by Crippen LogP contribution is -2.43. The van der Waals surface area contributed by atoms with Gasteiger partial charge in [0.25, 0.3) is 5.91 Å². The summed E-state index contributed by atoms with van der Waals surface area (Å²) >= 11 is 3.06. The zero-order valence-electron chi connectivity index (χ0n) is 9.25. The van der Waals surface area contributed by atoms with Gasteiger partial charge in [-0.05, 0) is 53.4 Å². The van der Waals surface area contributed by atoms with Crippen molar-refractivity contribution in [1.82, 2.24) is 5.32 Å². The molecule has 5 heteroatoms. The molecular weight excluding hydrogens is 287 g/mol. The number of nitrogens with two attached hydrogens (primary N) is 1. The summed E-state index contributed by atoms with van der Waals surface area (Å²) in [5.74, 6) is -0.577. The molecule has 1 aromatic carbocycles. The summed E-state index contributed by atoms with van der Waals surface area (Å²) in [4.78, 5) is 11.9. The maximum absolute atomic E-state index is 13.0. The van der Waals surface area contributed by atoms with Gasteiger partial charge in [-0.15, -0.1) is 0 Å². The highest BCUT2D eigenvalue weighted by molar-refractivity contribution is 9.10. The zero-order valence-corrected chi connectivity index (χ0v) is 10.8. The minimum atomic E-state index is -0.376. The highest BCUT2D eigenvalue weighted by Crippen LogP contribution is 2.19. The lowest BCUT2D eigenvalue weighted by atomic mass is 10.1. The fourth-order valence-electron chi connectivity index (χ4n) is 2.06. The van der Waals surface area contributed by atoms with E-state index < -0.39 is 0 Å². The summed E-state index contributed by atoms with van der Waals surface area (Å²) < 4.78 is 13.3. The quantitative estimate of drug-likeness (QED) is 0.880. The highest BCUT2D eigenvalue weighted by atomic mass is 79.9. The number of carbonyl (C=O) groups is 1. The molecule has 1 aromatic rings. The van der Waals surface area contributed by atoms with Crippen LogP contribution in [0.4, 0.5) is 4.39 Å². The number of nitrogens with one attached hydrogen (secondary N) is 1. The molecule has 2 unspecified atom stereocenters. The van der Waals surface area contributed by atoms with E-state index >= 15 is 0 Å². The van der Waals surface area contributed by atoms with Crippen molar-refractivity contribution in [2.45, 2.75) is 31.3 Å². The van der Waals surface area contributed by atoms with Gasteiger partial charge in [-0.3, -0.25) is 4.79 Å². The molecule has 0 saturated heterocycles. The van der Waals surface area contributed by atoms with Crippen LogP contribution in [-0.2, 0) is 0 Å². The predicted octanol–water partition coefficient (Wildman–Crippen LogP) is 2.20. The van der Waals surface area contributed by atoms with E-state index in [0.29, 0.717) is 10.0 Å². The zero-order chi connectivity index (χ0) is 12.4. The lowest BCUT2D eigenvalue weighted by Gasteiger charge is -2.17. The monoisotopic (exact) mass is 300 g/mol. The number of hydrogen-bond donors (Lipinski definition) is 2. The summed E-state index contributed by atoms with van der Waals surface area (Å²) in [5, 5.41) is 2.88. The Balaban J connectivity index is 2.06. The first-order chi connectivity index (χ1) is 8.08. The topological polar surface area (TPSA) is 55.1 Å². The Morgan fingerprint density at radius 2 is 2.24 bits per heavy atom. The van der Waals surface area contributed by atoms with Gasteiger partial charge >= 0.3 is 0 Å². The minimum Gasteiger partial charge on any atom is -0.348 e. The second kappa shape index (κ2) is 5.14. The van der Waals surface area contributed by atoms with Gasteiger partial charge in [-0.1, -0.05) is 0 Å². The Bertz CT molecular complexity index is 439. The number of halogens is 2. The fourth-order valence-corrected chi connectivity index (χ4v) is 2.44. The molecule has 0 heterocycles. The lowest BCUT2D eigenvalue weighted by molar-refractivity contribution is 0.0934. The maximum Gasteiger partial charge on any atom is 0.251 e. The van der Waals surface area contributed by atoms with Gasteiger partial charge < -0.3 is 11.1 Å². The van der Waals surface area contributed by atoms with Crippen LogP contribution in [0.1, 0.15) is 29.6 Å². The SMILES string of the molecule is NC1CCCC1NC(=O)c1ccc(F)c(Br)c1. The van der Waals surface area contributed by atoms with Crippen LogP contribution in [0, 0.1) is 5.82 Å². The second-order valence-corrected chi connectivity index (χ2v) is 5.16. The smallest absolute Gasteiger partial charge is 0.251 e. The third-order valence-electron chi connectivity index (χ3n) is 3.07. The van der Waals surface area contributed by atoms with Crippen LogP contribution in [0.2, 0.25) is 0 Å². The van der Waals surface area contributed by atoms with Crippen LogP contribution in [0.25, 0.3) is 0 Å². The highest BCUT2D eigenvalue weighted by Gasteiger charge is 2.25. The van der Waals surface area contributed by atoms with Crippen LogP contribution in [0.3, 0.4) is 0 Å². The Morgan fingerprint density at radius 3 is 2.82 bits per heavy atom. The van der Waals surface area contributed by atoms with Gasteiger partial charge in [0.15, 0.2) is 0 Å². The first kappa shape index (κ1) is 12.5. The van der Waals surface area contributed by atoms with Crippen LogP contribution < -0.4 is 11.1 Å². The van der Waals surface area contributed by atoms with E-state index in [1.807, 2.05) is 0 Å². The van der Waals surface area contributed by atoms with Crippen molar-refractivity contribution < 1.29 is 9.18 Å². The van der Waals surface area contributed by atoms with E-state index in [-0.39, 0.29) is 23.8 Å². The van der Waals surface area contributed by atoms with E-state index in [9.17, 15) is 9.18 Å². The van der Waals surface area contributed by atoms with Gasteiger partial charge in [0.05, 0.1) is 4.47 Å². The molecule has 2 rings (SSSR count). The van der Waals surface area contributed by atoms with Crippen LogP contribution in [0.5, 0.6) is 0 Å². The van der Waals surface area contributed by atoms with Crippen molar-refractivity contribution in [3.05, 3.63) is 34.1 Å². The van der Waals surface area contributed by atoms with E-state index in [1.165, 1.54) is 18.2 Å². The van der Waals surface area contributed by atoms with Crippen LogP contribution >= 0.6 is 15.9 Å². The van der Waals surface area contributed by atoms with Crippen molar-refractivity contribution in [2.24, 2.45) is 5.73 Å². The molecule has 0 radical (unpaired) electrons. The molecule has 3 N–H and O–H groups in total. The molecule has 2 atom stereocenters. The fraction of sp³-hybridized carbons (Fsp3) is 0.417. The number of hydrogen-bond acceptors (Lipinski definition) is 2. The van der Waals surface area contributed by atoms with Crippen molar-refractivity contribution in [2.75, 3.05) is 0 Å². The van der Waals surface area contributed by atoms with E-state index in [2.05, 4.69) is 21.2 Å². The molecule has 0 aromatic heterocycles. The van der Waals surface area contributed by atoms with E-state index in [1.54, 1.807) is 0 Å². The van der Waals surface area contributed by atoms with Gasteiger partial charge in [0.2, 0.25) is 0 Å². The average Bonchev–Trinajstić information content (AvgIpc) is 2.68. The van der Waals surface area contributed by atoms with Gasteiger partial charge in [0.1, 0.15) is 5.82 Å². The van der Waals surface area contributed by atoms with Crippen molar-refractivity contribution in [1.29, 1.82) is 0 Å².